The van der Waals surface area contributed by atoms with Gasteiger partial charge in [0.15, 0.2) is 0 Å². The zero-order valence-electron chi connectivity index (χ0n) is 17.2. The number of aromatic nitrogens is 2. The van der Waals surface area contributed by atoms with E-state index in [1.54, 1.807) is 17.7 Å². The van der Waals surface area contributed by atoms with Crippen molar-refractivity contribution in [2.75, 3.05) is 0 Å². The molecule has 6 rings (SSSR count). The minimum atomic E-state index is 0.0460. The monoisotopic (exact) mass is 428 g/mol. The summed E-state index contributed by atoms with van der Waals surface area (Å²) in [6.07, 6.45) is 1.61. The second kappa shape index (κ2) is 6.13. The van der Waals surface area contributed by atoms with Gasteiger partial charge in [-0.3, -0.25) is 0 Å². The van der Waals surface area contributed by atoms with Gasteiger partial charge < -0.3 is 4.42 Å². The Balaban J connectivity index is 1.71. The number of aryl methyl sites for hydroxylation is 1. The lowest BCUT2D eigenvalue weighted by Gasteiger charge is -2.21. The molecule has 0 amide bonds. The minimum Gasteiger partial charge on any atom is -0.438 e. The number of thiophene rings is 2. The molecule has 0 saturated heterocycles. The SMILES string of the molecule is Cc1cc2cc3oc4ncnc(-c5cc(C(C)(C)C)c6sccc6c5)c4c3cc2s1. The maximum atomic E-state index is 6.16. The Morgan fingerprint density at radius 3 is 2.67 bits per heavy atom. The van der Waals surface area contributed by atoms with Gasteiger partial charge in [0.2, 0.25) is 5.71 Å². The Morgan fingerprint density at radius 1 is 0.967 bits per heavy atom. The molecule has 0 unspecified atom stereocenters. The van der Waals surface area contributed by atoms with Crippen LogP contribution in [0.3, 0.4) is 0 Å². The Bertz CT molecular complexity index is 1590. The smallest absolute Gasteiger partial charge is 0.230 e. The summed E-state index contributed by atoms with van der Waals surface area (Å²) in [6, 6.07) is 13.3. The molecule has 148 valence electrons. The number of fused-ring (bicyclic) bond motifs is 5. The molecule has 0 fully saturated rings. The lowest BCUT2D eigenvalue weighted by molar-refractivity contribution is 0.597. The highest BCUT2D eigenvalue weighted by molar-refractivity contribution is 7.19. The zero-order valence-corrected chi connectivity index (χ0v) is 18.9. The van der Waals surface area contributed by atoms with Crippen LogP contribution in [-0.4, -0.2) is 9.97 Å². The maximum absolute atomic E-state index is 6.16. The molecule has 0 N–H and O–H groups in total. The van der Waals surface area contributed by atoms with Crippen LogP contribution in [0.2, 0.25) is 0 Å². The molecule has 0 saturated carbocycles. The number of benzene rings is 2. The zero-order chi connectivity index (χ0) is 20.6. The molecule has 0 radical (unpaired) electrons. The summed E-state index contributed by atoms with van der Waals surface area (Å²) in [5.41, 5.74) is 4.95. The number of nitrogens with zero attached hydrogens (tertiary/aromatic N) is 2. The predicted octanol–water partition coefficient (Wildman–Crippen LogP) is 8.08. The van der Waals surface area contributed by atoms with E-state index in [1.807, 2.05) is 11.3 Å². The first kappa shape index (κ1) is 18.0. The first-order chi connectivity index (χ1) is 14.4. The molecule has 5 heteroatoms. The second-order valence-electron chi connectivity index (χ2n) is 8.86. The third kappa shape index (κ3) is 2.62. The van der Waals surface area contributed by atoms with E-state index in [9.17, 15) is 0 Å². The van der Waals surface area contributed by atoms with Crippen LogP contribution < -0.4 is 0 Å². The quantitative estimate of drug-likeness (QED) is 0.266. The number of rotatable bonds is 1. The van der Waals surface area contributed by atoms with Gasteiger partial charge >= 0.3 is 0 Å². The van der Waals surface area contributed by atoms with Gasteiger partial charge in [-0.15, -0.1) is 22.7 Å². The molecular weight excluding hydrogens is 408 g/mol. The van der Waals surface area contributed by atoms with Crippen LogP contribution in [0.5, 0.6) is 0 Å². The van der Waals surface area contributed by atoms with Crippen LogP contribution in [0.15, 0.2) is 52.5 Å². The topological polar surface area (TPSA) is 38.9 Å². The number of furan rings is 1. The summed E-state index contributed by atoms with van der Waals surface area (Å²) in [6.45, 7) is 8.95. The predicted molar refractivity (Wildman–Crippen MR) is 129 cm³/mol. The van der Waals surface area contributed by atoms with Crippen molar-refractivity contribution in [3.8, 4) is 11.3 Å². The summed E-state index contributed by atoms with van der Waals surface area (Å²) in [7, 11) is 0. The van der Waals surface area contributed by atoms with Crippen molar-refractivity contribution in [2.45, 2.75) is 33.1 Å². The Morgan fingerprint density at radius 2 is 1.83 bits per heavy atom. The van der Waals surface area contributed by atoms with Crippen molar-refractivity contribution >= 4 is 64.9 Å². The van der Waals surface area contributed by atoms with E-state index in [2.05, 4.69) is 74.5 Å². The molecule has 4 heterocycles. The van der Waals surface area contributed by atoms with E-state index < -0.39 is 0 Å². The van der Waals surface area contributed by atoms with Crippen LogP contribution in [0.25, 0.3) is 53.5 Å². The molecule has 0 aliphatic heterocycles. The summed E-state index contributed by atoms with van der Waals surface area (Å²) >= 11 is 3.61. The molecule has 4 aromatic heterocycles. The summed E-state index contributed by atoms with van der Waals surface area (Å²) in [4.78, 5) is 10.5. The number of hydrogen-bond acceptors (Lipinski definition) is 5. The lowest BCUT2D eigenvalue weighted by atomic mass is 9.85. The van der Waals surface area contributed by atoms with Gasteiger partial charge in [0, 0.05) is 25.2 Å². The highest BCUT2D eigenvalue weighted by Gasteiger charge is 2.22. The van der Waals surface area contributed by atoms with Crippen LogP contribution in [-0.2, 0) is 5.41 Å². The van der Waals surface area contributed by atoms with Crippen molar-refractivity contribution in [3.05, 3.63) is 58.5 Å². The molecule has 30 heavy (non-hydrogen) atoms. The fourth-order valence-electron chi connectivity index (χ4n) is 4.27. The van der Waals surface area contributed by atoms with Crippen LogP contribution in [0.1, 0.15) is 31.2 Å². The van der Waals surface area contributed by atoms with Gasteiger partial charge in [0.1, 0.15) is 11.9 Å². The Labute approximate surface area is 182 Å². The van der Waals surface area contributed by atoms with Gasteiger partial charge in [0.05, 0.1) is 11.1 Å². The maximum Gasteiger partial charge on any atom is 0.230 e. The highest BCUT2D eigenvalue weighted by atomic mass is 32.1. The van der Waals surface area contributed by atoms with Crippen molar-refractivity contribution in [1.82, 2.24) is 9.97 Å². The first-order valence-electron chi connectivity index (χ1n) is 9.98. The summed E-state index contributed by atoms with van der Waals surface area (Å²) < 4.78 is 8.77. The van der Waals surface area contributed by atoms with E-state index in [0.29, 0.717) is 5.71 Å². The van der Waals surface area contributed by atoms with Gasteiger partial charge in [-0.2, -0.15) is 0 Å². The molecule has 0 aliphatic rings. The fraction of sp³-hybridized carbons (Fsp3) is 0.200. The van der Waals surface area contributed by atoms with Gasteiger partial charge in [0.25, 0.3) is 0 Å². The normalized spacial score (nSPS) is 12.7. The van der Waals surface area contributed by atoms with E-state index in [0.717, 1.165) is 27.6 Å². The van der Waals surface area contributed by atoms with Crippen molar-refractivity contribution in [2.24, 2.45) is 0 Å². The molecular formula is C25H20N2OS2. The molecule has 6 aromatic rings. The molecule has 0 bridgehead atoms. The van der Waals surface area contributed by atoms with E-state index in [-0.39, 0.29) is 5.41 Å². The molecule has 0 aliphatic carbocycles. The van der Waals surface area contributed by atoms with Crippen molar-refractivity contribution in [3.63, 3.8) is 0 Å². The van der Waals surface area contributed by atoms with Gasteiger partial charge in [-0.05, 0) is 70.5 Å². The van der Waals surface area contributed by atoms with E-state index >= 15 is 0 Å². The fourth-order valence-corrected chi connectivity index (χ4v) is 6.32. The first-order valence-corrected chi connectivity index (χ1v) is 11.7. The molecule has 3 nitrogen and oxygen atoms in total. The Hall–Kier alpha value is -2.76. The molecule has 0 spiro atoms. The van der Waals surface area contributed by atoms with E-state index in [4.69, 9.17) is 9.40 Å². The van der Waals surface area contributed by atoms with Crippen LogP contribution >= 0.6 is 22.7 Å². The largest absolute Gasteiger partial charge is 0.438 e. The third-order valence-electron chi connectivity index (χ3n) is 5.66. The number of hydrogen-bond donors (Lipinski definition) is 0. The van der Waals surface area contributed by atoms with Crippen LogP contribution in [0.4, 0.5) is 0 Å². The van der Waals surface area contributed by atoms with Crippen molar-refractivity contribution in [1.29, 1.82) is 0 Å². The third-order valence-corrected chi connectivity index (χ3v) is 7.64. The molecule has 0 atom stereocenters. The Kier molecular flexibility index (Phi) is 3.68. The second-order valence-corrected chi connectivity index (χ2v) is 11.1. The standard InChI is InChI=1S/C25H20N2OS2/c1-13-7-15-10-19-17(11-20(15)30-13)21-22(26-12-27-24(21)28-19)16-8-14-5-6-29-23(14)18(9-16)25(2,3)4/h5-12H,1-4H3. The van der Waals surface area contributed by atoms with Gasteiger partial charge in [-0.1, -0.05) is 20.8 Å². The molecule has 2 aromatic carbocycles. The van der Waals surface area contributed by atoms with Crippen molar-refractivity contribution < 1.29 is 4.42 Å². The average Bonchev–Trinajstić information content (AvgIpc) is 3.39. The summed E-state index contributed by atoms with van der Waals surface area (Å²) in [5.74, 6) is 0. The highest BCUT2D eigenvalue weighted by Crippen LogP contribution is 2.41. The lowest BCUT2D eigenvalue weighted by Crippen LogP contribution is -2.11. The van der Waals surface area contributed by atoms with Gasteiger partial charge in [-0.25, -0.2) is 9.97 Å². The summed E-state index contributed by atoms with van der Waals surface area (Å²) in [5, 5.41) is 6.72. The minimum absolute atomic E-state index is 0.0460. The van der Waals surface area contributed by atoms with E-state index in [1.165, 1.54) is 30.6 Å². The van der Waals surface area contributed by atoms with Crippen LogP contribution in [0, 0.1) is 6.92 Å². The average molecular weight is 429 g/mol.